The van der Waals surface area contributed by atoms with Gasteiger partial charge in [0.05, 0.1) is 22.9 Å². The molecule has 0 aliphatic heterocycles. The number of hydrogen-bond donors (Lipinski definition) is 2. The molecule has 0 saturated carbocycles. The minimum Gasteiger partial charge on any atom is -0.388 e. The van der Waals surface area contributed by atoms with E-state index >= 15 is 0 Å². The van der Waals surface area contributed by atoms with Gasteiger partial charge in [0, 0.05) is 18.9 Å². The predicted molar refractivity (Wildman–Crippen MR) is 97.6 cm³/mol. The van der Waals surface area contributed by atoms with Crippen LogP contribution in [0.1, 0.15) is 33.6 Å². The van der Waals surface area contributed by atoms with Gasteiger partial charge in [-0.2, -0.15) is 5.10 Å². The topological polar surface area (TPSA) is 88.8 Å². The average molecular weight is 340 g/mol. The summed E-state index contributed by atoms with van der Waals surface area (Å²) < 4.78 is 1.75. The Labute approximate surface area is 147 Å². The fourth-order valence-corrected chi connectivity index (χ4v) is 2.62. The van der Waals surface area contributed by atoms with Gasteiger partial charge in [0.25, 0.3) is 0 Å². The van der Waals surface area contributed by atoms with E-state index in [1.165, 1.54) is 6.33 Å². The molecule has 3 aromatic rings. The zero-order valence-corrected chi connectivity index (χ0v) is 14.8. The molecule has 0 spiro atoms. The van der Waals surface area contributed by atoms with Gasteiger partial charge in [-0.05, 0) is 37.8 Å². The van der Waals surface area contributed by atoms with Gasteiger partial charge in [0.15, 0.2) is 5.65 Å². The van der Waals surface area contributed by atoms with Crippen LogP contribution in [0.2, 0.25) is 0 Å². The predicted octanol–water partition coefficient (Wildman–Crippen LogP) is 2.81. The molecule has 0 amide bonds. The molecule has 25 heavy (non-hydrogen) atoms. The van der Waals surface area contributed by atoms with Gasteiger partial charge in [0.1, 0.15) is 12.1 Å². The first-order valence-electron chi connectivity index (χ1n) is 8.52. The summed E-state index contributed by atoms with van der Waals surface area (Å²) in [5, 5.41) is 19.0. The molecule has 7 nitrogen and oxygen atoms in total. The largest absolute Gasteiger partial charge is 0.388 e. The van der Waals surface area contributed by atoms with Crippen LogP contribution in [0.3, 0.4) is 0 Å². The maximum Gasteiger partial charge on any atom is 0.168 e. The molecule has 0 radical (unpaired) electrons. The number of hydrogen-bond acceptors (Lipinski definition) is 6. The van der Waals surface area contributed by atoms with Crippen molar-refractivity contribution in [3.8, 4) is 5.69 Å². The molecule has 1 atom stereocenters. The van der Waals surface area contributed by atoms with Crippen molar-refractivity contribution in [1.82, 2.24) is 24.7 Å². The van der Waals surface area contributed by atoms with Crippen LogP contribution in [0, 0.1) is 5.92 Å². The van der Waals surface area contributed by atoms with E-state index in [0.29, 0.717) is 23.9 Å². The van der Waals surface area contributed by atoms with Crippen molar-refractivity contribution in [3.05, 3.63) is 37.1 Å². The smallest absolute Gasteiger partial charge is 0.168 e. The van der Waals surface area contributed by atoms with E-state index in [0.717, 1.165) is 23.9 Å². The zero-order valence-electron chi connectivity index (χ0n) is 14.8. The van der Waals surface area contributed by atoms with Crippen LogP contribution in [0.4, 0.5) is 5.82 Å². The molecule has 0 aromatic carbocycles. The van der Waals surface area contributed by atoms with Crippen molar-refractivity contribution < 1.29 is 5.11 Å². The first-order valence-corrected chi connectivity index (χ1v) is 8.52. The Kier molecular flexibility index (Phi) is 4.94. The van der Waals surface area contributed by atoms with Crippen LogP contribution in [-0.2, 0) is 0 Å². The van der Waals surface area contributed by atoms with E-state index in [2.05, 4.69) is 39.2 Å². The molecule has 7 heteroatoms. The van der Waals surface area contributed by atoms with Crippen LogP contribution >= 0.6 is 0 Å². The molecule has 1 unspecified atom stereocenters. The standard InChI is InChI=1S/C18H24N6O/c1-13(2)4-7-18(3,25)11-20-16-15-10-23-24(17(15)22-12-21-16)14-5-8-19-9-6-14/h5-6,8-10,12-13,25H,4,7,11H2,1-3H3,(H,20,21,22). The van der Waals surface area contributed by atoms with Crippen LogP contribution in [-0.4, -0.2) is 42.0 Å². The number of aliphatic hydroxyl groups is 1. The van der Waals surface area contributed by atoms with Gasteiger partial charge in [-0.3, -0.25) is 4.98 Å². The van der Waals surface area contributed by atoms with Crippen molar-refractivity contribution in [2.24, 2.45) is 5.92 Å². The molecule has 0 bridgehead atoms. The number of fused-ring (bicyclic) bond motifs is 1. The van der Waals surface area contributed by atoms with Crippen molar-refractivity contribution in [2.45, 2.75) is 39.2 Å². The van der Waals surface area contributed by atoms with E-state index in [-0.39, 0.29) is 0 Å². The summed E-state index contributed by atoms with van der Waals surface area (Å²) >= 11 is 0. The highest BCUT2D eigenvalue weighted by atomic mass is 16.3. The van der Waals surface area contributed by atoms with E-state index in [1.807, 2.05) is 19.1 Å². The Morgan fingerprint density at radius 2 is 2.00 bits per heavy atom. The number of anilines is 1. The molecule has 132 valence electrons. The number of pyridine rings is 1. The summed E-state index contributed by atoms with van der Waals surface area (Å²) in [6.45, 7) is 6.59. The number of aromatic nitrogens is 5. The van der Waals surface area contributed by atoms with Gasteiger partial charge in [0.2, 0.25) is 0 Å². The lowest BCUT2D eigenvalue weighted by molar-refractivity contribution is 0.0586. The maximum absolute atomic E-state index is 10.5. The molecular weight excluding hydrogens is 316 g/mol. The molecule has 0 aliphatic carbocycles. The highest BCUT2D eigenvalue weighted by Crippen LogP contribution is 2.23. The van der Waals surface area contributed by atoms with Crippen LogP contribution in [0.25, 0.3) is 16.7 Å². The third kappa shape index (κ3) is 4.11. The highest BCUT2D eigenvalue weighted by Gasteiger charge is 2.21. The quantitative estimate of drug-likeness (QED) is 0.687. The molecule has 3 heterocycles. The number of nitrogens with one attached hydrogen (secondary N) is 1. The van der Waals surface area contributed by atoms with Gasteiger partial charge >= 0.3 is 0 Å². The minimum atomic E-state index is -0.789. The monoisotopic (exact) mass is 340 g/mol. The Balaban J connectivity index is 1.80. The first kappa shape index (κ1) is 17.3. The molecular formula is C18H24N6O. The molecule has 0 aliphatic rings. The lowest BCUT2D eigenvalue weighted by Gasteiger charge is -2.24. The third-order valence-corrected chi connectivity index (χ3v) is 4.17. The number of nitrogens with zero attached hydrogens (tertiary/aromatic N) is 5. The lowest BCUT2D eigenvalue weighted by Crippen LogP contribution is -2.34. The minimum absolute atomic E-state index is 0.423. The molecule has 3 aromatic heterocycles. The van der Waals surface area contributed by atoms with Crippen LogP contribution in [0.15, 0.2) is 37.1 Å². The molecule has 0 fully saturated rings. The fraction of sp³-hybridized carbons (Fsp3) is 0.444. The van der Waals surface area contributed by atoms with E-state index < -0.39 is 5.60 Å². The Morgan fingerprint density at radius 3 is 2.72 bits per heavy atom. The Morgan fingerprint density at radius 1 is 1.24 bits per heavy atom. The Hall–Kier alpha value is -2.54. The van der Waals surface area contributed by atoms with Gasteiger partial charge < -0.3 is 10.4 Å². The van der Waals surface area contributed by atoms with E-state index in [1.54, 1.807) is 23.3 Å². The molecule has 0 saturated heterocycles. The van der Waals surface area contributed by atoms with Gasteiger partial charge in [-0.1, -0.05) is 13.8 Å². The normalized spacial score (nSPS) is 14.0. The van der Waals surface area contributed by atoms with Crippen LogP contribution < -0.4 is 5.32 Å². The Bertz CT molecular complexity index is 828. The second-order valence-corrected chi connectivity index (χ2v) is 7.00. The van der Waals surface area contributed by atoms with Crippen molar-refractivity contribution in [2.75, 3.05) is 11.9 Å². The summed E-state index contributed by atoms with van der Waals surface area (Å²) in [6, 6.07) is 3.75. The highest BCUT2D eigenvalue weighted by molar-refractivity contribution is 5.87. The number of rotatable bonds is 7. The maximum atomic E-state index is 10.5. The third-order valence-electron chi connectivity index (χ3n) is 4.17. The second-order valence-electron chi connectivity index (χ2n) is 7.00. The van der Waals surface area contributed by atoms with Crippen molar-refractivity contribution in [1.29, 1.82) is 0 Å². The average Bonchev–Trinajstić information content (AvgIpc) is 3.04. The first-order chi connectivity index (χ1) is 12.0. The fourth-order valence-electron chi connectivity index (χ4n) is 2.62. The van der Waals surface area contributed by atoms with E-state index in [9.17, 15) is 5.11 Å². The van der Waals surface area contributed by atoms with Gasteiger partial charge in [-0.25, -0.2) is 14.6 Å². The van der Waals surface area contributed by atoms with Crippen LogP contribution in [0.5, 0.6) is 0 Å². The summed E-state index contributed by atoms with van der Waals surface area (Å²) in [4.78, 5) is 12.7. The van der Waals surface area contributed by atoms with Crippen molar-refractivity contribution in [3.63, 3.8) is 0 Å². The summed E-state index contributed by atoms with van der Waals surface area (Å²) in [5.41, 5.74) is 0.812. The molecule has 3 rings (SSSR count). The SMILES string of the molecule is CC(C)CCC(C)(O)CNc1ncnc2c1cnn2-c1ccncc1. The molecule has 2 N–H and O–H groups in total. The summed E-state index contributed by atoms with van der Waals surface area (Å²) in [6.07, 6.45) is 8.40. The van der Waals surface area contributed by atoms with Gasteiger partial charge in [-0.15, -0.1) is 0 Å². The lowest BCUT2D eigenvalue weighted by atomic mass is 9.95. The second kappa shape index (κ2) is 7.14. The summed E-state index contributed by atoms with van der Waals surface area (Å²) in [7, 11) is 0. The zero-order chi connectivity index (χ0) is 17.9. The summed E-state index contributed by atoms with van der Waals surface area (Å²) in [5.74, 6) is 1.24. The van der Waals surface area contributed by atoms with Crippen molar-refractivity contribution >= 4 is 16.9 Å². The van der Waals surface area contributed by atoms with E-state index in [4.69, 9.17) is 0 Å².